The molecule has 2 aromatic rings. The number of aliphatic hydroxyl groups is 1. The molecule has 4 N–H and O–H groups in total. The molecular formula is C26H35N5O2. The molecule has 7 nitrogen and oxygen atoms in total. The summed E-state index contributed by atoms with van der Waals surface area (Å²) < 4.78 is 0. The number of hydrogen-bond acceptors (Lipinski definition) is 4. The quantitative estimate of drug-likeness (QED) is 0.426. The Morgan fingerprint density at radius 3 is 2.48 bits per heavy atom. The highest BCUT2D eigenvalue weighted by atomic mass is 16.3. The molecule has 0 aliphatic carbocycles. The fraction of sp³-hybridized carbons (Fsp3) is 0.462. The standard InChI is InChI=1S/C26H35N5O2/c27-25(28)23-7-4-8-24(15-23)31-18-22(19-32)17-30(26(31)33)16-21-10-13-29(14-11-21)12-9-20-5-2-1-3-6-20/h1-8,15,21-22,32H,9-14,16-19H2,(H3,27,28). The number of nitrogens with zero attached hydrogens (tertiary/aromatic N) is 3. The van der Waals surface area contributed by atoms with E-state index in [1.54, 1.807) is 17.0 Å². The Morgan fingerprint density at radius 2 is 1.79 bits per heavy atom. The minimum atomic E-state index is -0.0214. The van der Waals surface area contributed by atoms with E-state index in [-0.39, 0.29) is 24.4 Å². The van der Waals surface area contributed by atoms with Crippen LogP contribution in [0.25, 0.3) is 0 Å². The van der Waals surface area contributed by atoms with Crippen LogP contribution in [0.2, 0.25) is 0 Å². The maximum absolute atomic E-state index is 13.3. The van der Waals surface area contributed by atoms with E-state index in [0.717, 1.165) is 51.1 Å². The molecule has 2 aliphatic heterocycles. The van der Waals surface area contributed by atoms with Crippen LogP contribution in [-0.2, 0) is 6.42 Å². The fourth-order valence-corrected chi connectivity index (χ4v) is 4.92. The van der Waals surface area contributed by atoms with Crippen LogP contribution in [0.4, 0.5) is 10.5 Å². The van der Waals surface area contributed by atoms with Crippen molar-refractivity contribution >= 4 is 17.6 Å². The van der Waals surface area contributed by atoms with Gasteiger partial charge in [0, 0.05) is 50.0 Å². The summed E-state index contributed by atoms with van der Waals surface area (Å²) in [5.74, 6) is 0.468. The normalized spacial score (nSPS) is 20.3. The predicted octanol–water partition coefficient (Wildman–Crippen LogP) is 2.78. The Labute approximate surface area is 196 Å². The Morgan fingerprint density at radius 1 is 1.03 bits per heavy atom. The average molecular weight is 450 g/mol. The van der Waals surface area contributed by atoms with Crippen molar-refractivity contribution in [3.05, 3.63) is 65.7 Å². The number of nitrogen functional groups attached to an aromatic ring is 1. The minimum absolute atomic E-state index is 0.00893. The molecule has 4 rings (SSSR count). The number of benzene rings is 2. The first-order valence-corrected chi connectivity index (χ1v) is 11.9. The maximum atomic E-state index is 13.3. The van der Waals surface area contributed by atoms with Crippen LogP contribution in [0.5, 0.6) is 0 Å². The molecule has 0 radical (unpaired) electrons. The van der Waals surface area contributed by atoms with Crippen LogP contribution in [0.3, 0.4) is 0 Å². The first kappa shape index (κ1) is 23.3. The third kappa shape index (κ3) is 5.92. The third-order valence-electron chi connectivity index (χ3n) is 6.89. The highest BCUT2D eigenvalue weighted by Crippen LogP contribution is 2.26. The lowest BCUT2D eigenvalue weighted by Crippen LogP contribution is -2.56. The molecule has 2 aliphatic rings. The first-order valence-electron chi connectivity index (χ1n) is 11.9. The van der Waals surface area contributed by atoms with E-state index in [0.29, 0.717) is 24.6 Å². The van der Waals surface area contributed by atoms with Gasteiger partial charge in [0.25, 0.3) is 0 Å². The van der Waals surface area contributed by atoms with Gasteiger partial charge in [0.05, 0.1) is 0 Å². The molecule has 7 heteroatoms. The number of urea groups is 1. The van der Waals surface area contributed by atoms with Crippen LogP contribution in [0.15, 0.2) is 54.6 Å². The molecule has 0 saturated carbocycles. The minimum Gasteiger partial charge on any atom is -0.396 e. The SMILES string of the molecule is N=C(N)c1cccc(N2CC(CO)CN(CC3CCN(CCc4ccccc4)CC3)C2=O)c1. The van der Waals surface area contributed by atoms with Crippen molar-refractivity contribution in [1.29, 1.82) is 5.41 Å². The van der Waals surface area contributed by atoms with E-state index < -0.39 is 0 Å². The van der Waals surface area contributed by atoms with Crippen molar-refractivity contribution in [2.45, 2.75) is 19.3 Å². The highest BCUT2D eigenvalue weighted by molar-refractivity contribution is 5.98. The van der Waals surface area contributed by atoms with Crippen LogP contribution in [-0.4, -0.2) is 72.6 Å². The largest absolute Gasteiger partial charge is 0.396 e. The Bertz CT molecular complexity index is 943. The van der Waals surface area contributed by atoms with E-state index in [2.05, 4.69) is 35.2 Å². The molecule has 0 bridgehead atoms. The lowest BCUT2D eigenvalue weighted by molar-refractivity contribution is 0.117. The van der Waals surface area contributed by atoms with Gasteiger partial charge in [-0.15, -0.1) is 0 Å². The van der Waals surface area contributed by atoms with Gasteiger partial charge in [-0.1, -0.05) is 42.5 Å². The summed E-state index contributed by atoms with van der Waals surface area (Å²) in [6, 6.07) is 17.8. The molecule has 2 saturated heterocycles. The van der Waals surface area contributed by atoms with Crippen LogP contribution >= 0.6 is 0 Å². The van der Waals surface area contributed by atoms with Crippen molar-refractivity contribution in [3.63, 3.8) is 0 Å². The number of hydrogen-bond donors (Lipinski definition) is 3. The lowest BCUT2D eigenvalue weighted by atomic mass is 9.94. The second-order valence-corrected chi connectivity index (χ2v) is 9.33. The van der Waals surface area contributed by atoms with Crippen molar-refractivity contribution in [2.24, 2.45) is 17.6 Å². The van der Waals surface area contributed by atoms with Gasteiger partial charge in [-0.3, -0.25) is 10.3 Å². The monoisotopic (exact) mass is 449 g/mol. The number of nitrogens with two attached hydrogens (primary N) is 1. The molecule has 2 aromatic carbocycles. The maximum Gasteiger partial charge on any atom is 0.324 e. The number of amides is 2. The number of rotatable bonds is 8. The number of carbonyl (C=O) groups is 1. The Hall–Kier alpha value is -2.90. The van der Waals surface area contributed by atoms with Gasteiger partial charge in [-0.05, 0) is 56.0 Å². The summed E-state index contributed by atoms with van der Waals surface area (Å²) in [7, 11) is 0. The molecule has 2 heterocycles. The predicted molar refractivity (Wildman–Crippen MR) is 132 cm³/mol. The van der Waals surface area contributed by atoms with Crippen molar-refractivity contribution in [2.75, 3.05) is 50.8 Å². The van der Waals surface area contributed by atoms with Gasteiger partial charge in [-0.25, -0.2) is 4.79 Å². The summed E-state index contributed by atoms with van der Waals surface area (Å²) in [5.41, 5.74) is 8.35. The Kier molecular flexibility index (Phi) is 7.62. The molecular weight excluding hydrogens is 414 g/mol. The van der Waals surface area contributed by atoms with Gasteiger partial charge < -0.3 is 20.6 Å². The molecule has 2 amide bonds. The van der Waals surface area contributed by atoms with Gasteiger partial charge >= 0.3 is 6.03 Å². The number of likely N-dealkylation sites (tertiary alicyclic amines) is 1. The van der Waals surface area contributed by atoms with Crippen LogP contribution in [0.1, 0.15) is 24.0 Å². The molecule has 33 heavy (non-hydrogen) atoms. The van der Waals surface area contributed by atoms with Crippen molar-refractivity contribution in [3.8, 4) is 0 Å². The highest BCUT2D eigenvalue weighted by Gasteiger charge is 2.34. The zero-order valence-corrected chi connectivity index (χ0v) is 19.2. The van der Waals surface area contributed by atoms with E-state index in [9.17, 15) is 9.90 Å². The zero-order chi connectivity index (χ0) is 23.2. The van der Waals surface area contributed by atoms with Crippen molar-refractivity contribution in [1.82, 2.24) is 9.80 Å². The second-order valence-electron chi connectivity index (χ2n) is 9.33. The number of nitrogens with one attached hydrogen (secondary N) is 1. The number of carbonyl (C=O) groups excluding carboxylic acids is 1. The smallest absolute Gasteiger partial charge is 0.324 e. The zero-order valence-electron chi connectivity index (χ0n) is 19.2. The van der Waals surface area contributed by atoms with Gasteiger partial charge in [0.2, 0.25) is 0 Å². The first-order chi connectivity index (χ1) is 16.0. The van der Waals surface area contributed by atoms with E-state index in [4.69, 9.17) is 11.1 Å². The number of piperidine rings is 1. The summed E-state index contributed by atoms with van der Waals surface area (Å²) in [4.78, 5) is 19.5. The molecule has 1 unspecified atom stereocenters. The number of amidine groups is 1. The number of anilines is 1. The number of aliphatic hydroxyl groups excluding tert-OH is 1. The average Bonchev–Trinajstić information content (AvgIpc) is 2.85. The topological polar surface area (TPSA) is 96.9 Å². The second kappa shape index (κ2) is 10.8. The molecule has 2 fully saturated rings. The van der Waals surface area contributed by atoms with E-state index in [1.807, 2.05) is 17.0 Å². The lowest BCUT2D eigenvalue weighted by Gasteiger charge is -2.42. The summed E-state index contributed by atoms with van der Waals surface area (Å²) in [6.07, 6.45) is 3.24. The van der Waals surface area contributed by atoms with Crippen LogP contribution < -0.4 is 10.6 Å². The molecule has 176 valence electrons. The fourth-order valence-electron chi connectivity index (χ4n) is 4.92. The van der Waals surface area contributed by atoms with Crippen molar-refractivity contribution < 1.29 is 9.90 Å². The summed E-state index contributed by atoms with van der Waals surface area (Å²) in [5, 5.41) is 17.6. The van der Waals surface area contributed by atoms with E-state index >= 15 is 0 Å². The van der Waals surface area contributed by atoms with Gasteiger partial charge in [0.1, 0.15) is 5.84 Å². The van der Waals surface area contributed by atoms with Gasteiger partial charge in [0.15, 0.2) is 0 Å². The third-order valence-corrected chi connectivity index (χ3v) is 6.89. The summed E-state index contributed by atoms with van der Waals surface area (Å²) in [6.45, 7) is 5.04. The van der Waals surface area contributed by atoms with Crippen LogP contribution in [0, 0.1) is 17.2 Å². The molecule has 1 atom stereocenters. The van der Waals surface area contributed by atoms with E-state index in [1.165, 1.54) is 5.56 Å². The Balaban J connectivity index is 1.34. The molecule has 0 spiro atoms. The van der Waals surface area contributed by atoms with Gasteiger partial charge in [-0.2, -0.15) is 0 Å². The summed E-state index contributed by atoms with van der Waals surface area (Å²) >= 11 is 0. The molecule has 0 aromatic heterocycles.